The summed E-state index contributed by atoms with van der Waals surface area (Å²) >= 11 is 0. The molecule has 2 heterocycles. The van der Waals surface area contributed by atoms with Crippen molar-refractivity contribution in [2.45, 2.75) is 38.8 Å². The van der Waals surface area contributed by atoms with Gasteiger partial charge >= 0.3 is 0 Å². The molecule has 2 aromatic rings. The molecule has 0 saturated carbocycles. The fourth-order valence-electron chi connectivity index (χ4n) is 3.40. The van der Waals surface area contributed by atoms with E-state index in [1.807, 2.05) is 53.8 Å². The number of piperidine rings is 1. The molecule has 26 heavy (non-hydrogen) atoms. The Hall–Kier alpha value is -2.34. The van der Waals surface area contributed by atoms with Crippen molar-refractivity contribution in [2.75, 3.05) is 26.8 Å². The Labute approximate surface area is 154 Å². The van der Waals surface area contributed by atoms with Crippen molar-refractivity contribution in [2.24, 2.45) is 0 Å². The predicted octanol–water partition coefficient (Wildman–Crippen LogP) is 2.59. The summed E-state index contributed by atoms with van der Waals surface area (Å²) in [4.78, 5) is 18.8. The first kappa shape index (κ1) is 18.5. The van der Waals surface area contributed by atoms with Crippen molar-refractivity contribution in [1.82, 2.24) is 14.5 Å². The number of carbonyl (C=O) groups is 1. The van der Waals surface area contributed by atoms with Crippen LogP contribution in [0.1, 0.15) is 24.2 Å². The number of rotatable bonds is 6. The SMILES string of the molecule is COC1(COc2ccccc2C)CCCN(C(=O)Cn2ccnc2C)C1. The zero-order valence-corrected chi connectivity index (χ0v) is 15.8. The monoisotopic (exact) mass is 357 g/mol. The molecule has 3 rings (SSSR count). The van der Waals surface area contributed by atoms with Gasteiger partial charge in [0.25, 0.3) is 0 Å². The van der Waals surface area contributed by atoms with E-state index in [4.69, 9.17) is 9.47 Å². The lowest BCUT2D eigenvalue weighted by Crippen LogP contribution is -2.55. The third-order valence-electron chi connectivity index (χ3n) is 5.14. The summed E-state index contributed by atoms with van der Waals surface area (Å²) in [5, 5.41) is 0. The van der Waals surface area contributed by atoms with E-state index < -0.39 is 5.60 Å². The molecule has 1 atom stereocenters. The fraction of sp³-hybridized carbons (Fsp3) is 0.500. The van der Waals surface area contributed by atoms with Crippen LogP contribution in [0.25, 0.3) is 0 Å². The highest BCUT2D eigenvalue weighted by Crippen LogP contribution is 2.27. The standard InChI is InChI=1S/C20H27N3O3/c1-16-7-4-5-8-18(16)26-15-20(25-3)9-6-11-23(14-20)19(24)13-22-12-10-21-17(22)2/h4-5,7-8,10,12H,6,9,11,13-15H2,1-3H3. The average molecular weight is 357 g/mol. The van der Waals surface area contributed by atoms with Crippen LogP contribution >= 0.6 is 0 Å². The van der Waals surface area contributed by atoms with Gasteiger partial charge in [0, 0.05) is 26.0 Å². The Morgan fingerprint density at radius 2 is 2.12 bits per heavy atom. The number of carbonyl (C=O) groups excluding carboxylic acids is 1. The number of likely N-dealkylation sites (tertiary alicyclic amines) is 1. The molecule has 6 heteroatoms. The number of imidazole rings is 1. The lowest BCUT2D eigenvalue weighted by Gasteiger charge is -2.41. The summed E-state index contributed by atoms with van der Waals surface area (Å²) in [5.41, 5.74) is 0.623. The highest BCUT2D eigenvalue weighted by molar-refractivity contribution is 5.76. The molecule has 1 aromatic heterocycles. The number of aryl methyl sites for hydroxylation is 2. The van der Waals surface area contributed by atoms with Gasteiger partial charge < -0.3 is 18.9 Å². The number of methoxy groups -OCH3 is 1. The van der Waals surface area contributed by atoms with Gasteiger partial charge in [-0.1, -0.05) is 18.2 Å². The molecule has 0 spiro atoms. The molecule has 140 valence electrons. The van der Waals surface area contributed by atoms with Gasteiger partial charge in [0.1, 0.15) is 30.3 Å². The fourth-order valence-corrected chi connectivity index (χ4v) is 3.40. The smallest absolute Gasteiger partial charge is 0.242 e. The van der Waals surface area contributed by atoms with Gasteiger partial charge in [0.15, 0.2) is 0 Å². The van der Waals surface area contributed by atoms with E-state index in [0.717, 1.165) is 36.5 Å². The summed E-state index contributed by atoms with van der Waals surface area (Å²) in [5.74, 6) is 1.79. The third-order valence-corrected chi connectivity index (χ3v) is 5.14. The van der Waals surface area contributed by atoms with Crippen molar-refractivity contribution in [1.29, 1.82) is 0 Å². The minimum Gasteiger partial charge on any atom is -0.490 e. The highest BCUT2D eigenvalue weighted by atomic mass is 16.5. The molecule has 1 aliphatic heterocycles. The second kappa shape index (κ2) is 7.91. The molecule has 6 nitrogen and oxygen atoms in total. The zero-order valence-electron chi connectivity index (χ0n) is 15.8. The van der Waals surface area contributed by atoms with Crippen LogP contribution in [0.3, 0.4) is 0 Å². The number of aromatic nitrogens is 2. The van der Waals surface area contributed by atoms with Crippen LogP contribution in [0, 0.1) is 13.8 Å². The van der Waals surface area contributed by atoms with Crippen LogP contribution in [0.5, 0.6) is 5.75 Å². The third kappa shape index (κ3) is 4.07. The van der Waals surface area contributed by atoms with Crippen molar-refractivity contribution < 1.29 is 14.3 Å². The number of ether oxygens (including phenoxy) is 2. The summed E-state index contributed by atoms with van der Waals surface area (Å²) in [7, 11) is 1.70. The van der Waals surface area contributed by atoms with E-state index in [1.54, 1.807) is 13.3 Å². The maximum Gasteiger partial charge on any atom is 0.242 e. The second-order valence-corrected chi connectivity index (χ2v) is 6.96. The van der Waals surface area contributed by atoms with E-state index in [0.29, 0.717) is 19.7 Å². The van der Waals surface area contributed by atoms with Gasteiger partial charge in [-0.25, -0.2) is 4.98 Å². The first-order chi connectivity index (χ1) is 12.5. The maximum absolute atomic E-state index is 12.7. The van der Waals surface area contributed by atoms with Crippen LogP contribution in [-0.2, 0) is 16.1 Å². The van der Waals surface area contributed by atoms with Crippen molar-refractivity contribution >= 4 is 5.91 Å². The molecule has 1 aliphatic rings. The summed E-state index contributed by atoms with van der Waals surface area (Å²) in [6, 6.07) is 7.95. The van der Waals surface area contributed by atoms with Crippen LogP contribution < -0.4 is 4.74 Å². The lowest BCUT2D eigenvalue weighted by atomic mass is 9.93. The van der Waals surface area contributed by atoms with Gasteiger partial charge in [-0.2, -0.15) is 0 Å². The molecular weight excluding hydrogens is 330 g/mol. The molecule has 1 amide bonds. The van der Waals surface area contributed by atoms with Crippen LogP contribution in [-0.4, -0.2) is 52.8 Å². The zero-order chi connectivity index (χ0) is 18.6. The maximum atomic E-state index is 12.7. The minimum atomic E-state index is -0.472. The van der Waals surface area contributed by atoms with Crippen LogP contribution in [0.4, 0.5) is 0 Å². The van der Waals surface area contributed by atoms with Gasteiger partial charge in [-0.05, 0) is 38.3 Å². The number of nitrogens with zero attached hydrogens (tertiary/aromatic N) is 3. The molecule has 0 aliphatic carbocycles. The van der Waals surface area contributed by atoms with E-state index in [9.17, 15) is 4.79 Å². The normalized spacial score (nSPS) is 20.2. The summed E-state index contributed by atoms with van der Waals surface area (Å²) in [6.07, 6.45) is 5.33. The van der Waals surface area contributed by atoms with Gasteiger partial charge in [-0.15, -0.1) is 0 Å². The quantitative estimate of drug-likeness (QED) is 0.797. The highest BCUT2D eigenvalue weighted by Gasteiger charge is 2.38. The van der Waals surface area contributed by atoms with Crippen molar-refractivity contribution in [3.63, 3.8) is 0 Å². The molecule has 0 N–H and O–H groups in total. The largest absolute Gasteiger partial charge is 0.490 e. The topological polar surface area (TPSA) is 56.6 Å². The van der Waals surface area contributed by atoms with Crippen LogP contribution in [0.15, 0.2) is 36.7 Å². The van der Waals surface area contributed by atoms with Crippen molar-refractivity contribution in [3.05, 3.63) is 48.0 Å². The van der Waals surface area contributed by atoms with Gasteiger partial charge in [0.05, 0.1) is 6.54 Å². The molecule has 1 aromatic carbocycles. The molecular formula is C20H27N3O3. The van der Waals surface area contributed by atoms with Gasteiger partial charge in [0.2, 0.25) is 5.91 Å². The van der Waals surface area contributed by atoms with E-state index >= 15 is 0 Å². The molecule has 0 radical (unpaired) electrons. The molecule has 0 bridgehead atoms. The predicted molar refractivity (Wildman–Crippen MR) is 99.2 cm³/mol. The summed E-state index contributed by atoms with van der Waals surface area (Å²) in [6.45, 7) is 5.97. The Kier molecular flexibility index (Phi) is 5.61. The van der Waals surface area contributed by atoms with E-state index in [-0.39, 0.29) is 5.91 Å². The Balaban J connectivity index is 1.65. The Morgan fingerprint density at radius 1 is 1.31 bits per heavy atom. The first-order valence-electron chi connectivity index (χ1n) is 9.02. The Morgan fingerprint density at radius 3 is 2.81 bits per heavy atom. The Bertz CT molecular complexity index is 758. The molecule has 1 fully saturated rings. The number of para-hydroxylation sites is 1. The van der Waals surface area contributed by atoms with E-state index in [2.05, 4.69) is 4.98 Å². The second-order valence-electron chi connectivity index (χ2n) is 6.96. The molecule has 1 unspecified atom stereocenters. The van der Waals surface area contributed by atoms with Crippen molar-refractivity contribution in [3.8, 4) is 5.75 Å². The van der Waals surface area contributed by atoms with Gasteiger partial charge in [-0.3, -0.25) is 4.79 Å². The number of benzene rings is 1. The molecule has 1 saturated heterocycles. The average Bonchev–Trinajstić information content (AvgIpc) is 3.06. The summed E-state index contributed by atoms with van der Waals surface area (Å²) < 4.78 is 13.8. The minimum absolute atomic E-state index is 0.0862. The van der Waals surface area contributed by atoms with Crippen LogP contribution in [0.2, 0.25) is 0 Å². The number of amides is 1. The number of hydrogen-bond donors (Lipinski definition) is 0. The lowest BCUT2D eigenvalue weighted by molar-refractivity contribution is -0.143. The first-order valence-corrected chi connectivity index (χ1v) is 9.02. The van der Waals surface area contributed by atoms with E-state index in [1.165, 1.54) is 0 Å². The number of hydrogen-bond acceptors (Lipinski definition) is 4.